The molecule has 0 radical (unpaired) electrons. The zero-order chi connectivity index (χ0) is 12.8. The fourth-order valence-corrected chi connectivity index (χ4v) is 2.06. The Morgan fingerprint density at radius 3 is 2.22 bits per heavy atom. The molecule has 18 heavy (non-hydrogen) atoms. The monoisotopic (exact) mass is 241 g/mol. The van der Waals surface area contributed by atoms with E-state index in [9.17, 15) is 0 Å². The fraction of sp³-hybridized carbons (Fsp3) is 0.250. The lowest BCUT2D eigenvalue weighted by atomic mass is 10.2. The average molecular weight is 241 g/mol. The molecule has 0 bridgehead atoms. The molecule has 0 N–H and O–H groups in total. The summed E-state index contributed by atoms with van der Waals surface area (Å²) in [5.74, 6) is 0.936. The second-order valence-corrected chi connectivity index (χ2v) is 3.98. The molecule has 0 aromatic heterocycles. The number of hydrogen-bond donors (Lipinski definition) is 0. The summed E-state index contributed by atoms with van der Waals surface area (Å²) in [5, 5.41) is 0. The first-order chi connectivity index (χ1) is 8.86. The summed E-state index contributed by atoms with van der Waals surface area (Å²) in [6, 6.07) is 18.6. The molecule has 0 aliphatic rings. The van der Waals surface area contributed by atoms with E-state index < -0.39 is 0 Å². The number of hydrogen-bond acceptors (Lipinski definition) is 2. The summed E-state index contributed by atoms with van der Waals surface area (Å²) >= 11 is 0. The van der Waals surface area contributed by atoms with Crippen molar-refractivity contribution in [1.29, 1.82) is 0 Å². The minimum atomic E-state index is 0.684. The van der Waals surface area contributed by atoms with E-state index in [-0.39, 0.29) is 0 Å². The molecule has 0 saturated heterocycles. The van der Waals surface area contributed by atoms with Crippen molar-refractivity contribution < 1.29 is 4.74 Å². The minimum absolute atomic E-state index is 0.684. The molecule has 2 rings (SSSR count). The summed E-state index contributed by atoms with van der Waals surface area (Å²) in [6.45, 7) is 5.75. The SMILES string of the molecule is CCOc1ccccc1N(CC)c1ccccc1. The van der Waals surface area contributed by atoms with Crippen molar-refractivity contribution >= 4 is 11.4 Å². The third kappa shape index (κ3) is 2.65. The Hall–Kier alpha value is -1.96. The zero-order valence-electron chi connectivity index (χ0n) is 11.0. The van der Waals surface area contributed by atoms with Gasteiger partial charge in [-0.25, -0.2) is 0 Å². The Labute approximate surface area is 109 Å². The van der Waals surface area contributed by atoms with Crippen LogP contribution in [0.2, 0.25) is 0 Å². The van der Waals surface area contributed by atoms with Crippen LogP contribution in [0.15, 0.2) is 54.6 Å². The highest BCUT2D eigenvalue weighted by atomic mass is 16.5. The van der Waals surface area contributed by atoms with E-state index in [2.05, 4.69) is 42.2 Å². The number of para-hydroxylation sites is 3. The van der Waals surface area contributed by atoms with Gasteiger partial charge in [-0.1, -0.05) is 30.3 Å². The van der Waals surface area contributed by atoms with Gasteiger partial charge in [0.2, 0.25) is 0 Å². The number of ether oxygens (including phenoxy) is 1. The summed E-state index contributed by atoms with van der Waals surface area (Å²) in [6.07, 6.45) is 0. The van der Waals surface area contributed by atoms with Crippen LogP contribution < -0.4 is 9.64 Å². The molecule has 2 aromatic carbocycles. The Balaban J connectivity index is 2.39. The molecule has 2 nitrogen and oxygen atoms in total. The molecule has 0 fully saturated rings. The van der Waals surface area contributed by atoms with Crippen LogP contribution in [0.3, 0.4) is 0 Å². The highest BCUT2D eigenvalue weighted by Gasteiger charge is 2.11. The second kappa shape index (κ2) is 6.10. The Bertz CT molecular complexity index is 481. The van der Waals surface area contributed by atoms with Crippen LogP contribution in [-0.4, -0.2) is 13.2 Å². The molecule has 0 amide bonds. The molecule has 2 aromatic rings. The van der Waals surface area contributed by atoms with E-state index in [4.69, 9.17) is 4.74 Å². The maximum Gasteiger partial charge on any atom is 0.142 e. The van der Waals surface area contributed by atoms with Crippen LogP contribution in [0, 0.1) is 0 Å². The van der Waals surface area contributed by atoms with E-state index in [1.807, 2.05) is 31.2 Å². The number of anilines is 2. The van der Waals surface area contributed by atoms with Crippen LogP contribution in [0.25, 0.3) is 0 Å². The molecule has 94 valence electrons. The predicted molar refractivity (Wildman–Crippen MR) is 76.7 cm³/mol. The maximum atomic E-state index is 5.70. The molecular weight excluding hydrogens is 222 g/mol. The first-order valence-electron chi connectivity index (χ1n) is 6.41. The predicted octanol–water partition coefficient (Wildman–Crippen LogP) is 4.24. The lowest BCUT2D eigenvalue weighted by Crippen LogP contribution is -2.16. The zero-order valence-corrected chi connectivity index (χ0v) is 11.0. The maximum absolute atomic E-state index is 5.70. The molecule has 2 heteroatoms. The standard InChI is InChI=1S/C16H19NO/c1-3-17(14-10-6-5-7-11-14)15-12-8-9-13-16(15)18-4-2/h5-13H,3-4H2,1-2H3. The van der Waals surface area contributed by atoms with Gasteiger partial charge in [-0.15, -0.1) is 0 Å². The molecule has 0 heterocycles. The van der Waals surface area contributed by atoms with Crippen LogP contribution in [0.5, 0.6) is 5.75 Å². The van der Waals surface area contributed by atoms with Crippen molar-refractivity contribution in [2.75, 3.05) is 18.1 Å². The van der Waals surface area contributed by atoms with E-state index in [0.29, 0.717) is 6.61 Å². The van der Waals surface area contributed by atoms with Gasteiger partial charge in [-0.2, -0.15) is 0 Å². The van der Waals surface area contributed by atoms with Crippen LogP contribution in [-0.2, 0) is 0 Å². The van der Waals surface area contributed by atoms with Gasteiger partial charge in [-0.3, -0.25) is 0 Å². The van der Waals surface area contributed by atoms with Gasteiger partial charge in [0.15, 0.2) is 0 Å². The molecule has 0 unspecified atom stereocenters. The van der Waals surface area contributed by atoms with E-state index in [1.165, 1.54) is 5.69 Å². The quantitative estimate of drug-likeness (QED) is 0.776. The van der Waals surface area contributed by atoms with Gasteiger partial charge in [0.1, 0.15) is 5.75 Å². The molecule has 0 aliphatic heterocycles. The number of nitrogens with zero attached hydrogens (tertiary/aromatic N) is 1. The largest absolute Gasteiger partial charge is 0.492 e. The summed E-state index contributed by atoms with van der Waals surface area (Å²) in [4.78, 5) is 2.25. The van der Waals surface area contributed by atoms with Crippen LogP contribution in [0.1, 0.15) is 13.8 Å². The third-order valence-corrected chi connectivity index (χ3v) is 2.84. The van der Waals surface area contributed by atoms with Gasteiger partial charge in [0.25, 0.3) is 0 Å². The smallest absolute Gasteiger partial charge is 0.142 e. The van der Waals surface area contributed by atoms with Crippen molar-refractivity contribution in [3.8, 4) is 5.75 Å². The first-order valence-corrected chi connectivity index (χ1v) is 6.41. The summed E-state index contributed by atoms with van der Waals surface area (Å²) in [7, 11) is 0. The van der Waals surface area contributed by atoms with Gasteiger partial charge in [0.05, 0.1) is 12.3 Å². The van der Waals surface area contributed by atoms with Crippen LogP contribution in [0.4, 0.5) is 11.4 Å². The second-order valence-electron chi connectivity index (χ2n) is 3.98. The third-order valence-electron chi connectivity index (χ3n) is 2.84. The lowest BCUT2D eigenvalue weighted by Gasteiger charge is -2.25. The molecular formula is C16H19NO. The van der Waals surface area contributed by atoms with Gasteiger partial charge in [-0.05, 0) is 38.1 Å². The van der Waals surface area contributed by atoms with E-state index in [1.54, 1.807) is 0 Å². The molecule has 0 spiro atoms. The van der Waals surface area contributed by atoms with Gasteiger partial charge in [0, 0.05) is 12.2 Å². The lowest BCUT2D eigenvalue weighted by molar-refractivity contribution is 0.341. The van der Waals surface area contributed by atoms with Crippen molar-refractivity contribution in [3.63, 3.8) is 0 Å². The normalized spacial score (nSPS) is 10.1. The number of rotatable bonds is 5. The highest BCUT2D eigenvalue weighted by molar-refractivity contribution is 5.69. The first kappa shape index (κ1) is 12.5. The summed E-state index contributed by atoms with van der Waals surface area (Å²) in [5.41, 5.74) is 2.31. The topological polar surface area (TPSA) is 12.5 Å². The minimum Gasteiger partial charge on any atom is -0.492 e. The molecule has 0 atom stereocenters. The summed E-state index contributed by atoms with van der Waals surface area (Å²) < 4.78 is 5.70. The van der Waals surface area contributed by atoms with Crippen molar-refractivity contribution in [2.45, 2.75) is 13.8 Å². The van der Waals surface area contributed by atoms with E-state index in [0.717, 1.165) is 18.0 Å². The van der Waals surface area contributed by atoms with Crippen molar-refractivity contribution in [1.82, 2.24) is 0 Å². The Morgan fingerprint density at radius 1 is 0.889 bits per heavy atom. The van der Waals surface area contributed by atoms with Crippen molar-refractivity contribution in [2.24, 2.45) is 0 Å². The van der Waals surface area contributed by atoms with Crippen molar-refractivity contribution in [3.05, 3.63) is 54.6 Å². The van der Waals surface area contributed by atoms with E-state index >= 15 is 0 Å². The Morgan fingerprint density at radius 2 is 1.56 bits per heavy atom. The highest BCUT2D eigenvalue weighted by Crippen LogP contribution is 2.33. The number of benzene rings is 2. The molecule has 0 saturated carbocycles. The Kier molecular flexibility index (Phi) is 4.24. The van der Waals surface area contributed by atoms with Gasteiger partial charge < -0.3 is 9.64 Å². The molecule has 0 aliphatic carbocycles. The average Bonchev–Trinajstić information content (AvgIpc) is 2.43. The van der Waals surface area contributed by atoms with Crippen LogP contribution >= 0.6 is 0 Å². The fourth-order valence-electron chi connectivity index (χ4n) is 2.06. The van der Waals surface area contributed by atoms with Gasteiger partial charge >= 0.3 is 0 Å².